The molecule has 2 heterocycles. The molecule has 0 radical (unpaired) electrons. The van der Waals surface area contributed by atoms with Crippen LogP contribution in [0.5, 0.6) is 5.75 Å². The summed E-state index contributed by atoms with van der Waals surface area (Å²) in [5, 5.41) is 14.7. The first kappa shape index (κ1) is 22.7. The van der Waals surface area contributed by atoms with Gasteiger partial charge in [0, 0.05) is 37.3 Å². The number of rotatable bonds is 10. The number of benzene rings is 1. The molecule has 0 bridgehead atoms. The zero-order valence-corrected chi connectivity index (χ0v) is 19.3. The van der Waals surface area contributed by atoms with Gasteiger partial charge in [0.25, 0.3) is 0 Å². The monoisotopic (exact) mass is 442 g/mol. The maximum Gasteiger partial charge on any atom is 0.221 e. The first-order chi connectivity index (χ1) is 14.9. The average molecular weight is 443 g/mol. The Morgan fingerprint density at radius 2 is 2.03 bits per heavy atom. The summed E-state index contributed by atoms with van der Waals surface area (Å²) in [5.74, 6) is 1.78. The Morgan fingerprint density at radius 1 is 1.29 bits per heavy atom. The van der Waals surface area contributed by atoms with Crippen LogP contribution < -0.4 is 10.1 Å². The fourth-order valence-corrected chi connectivity index (χ4v) is 3.65. The minimum absolute atomic E-state index is 0.0130. The lowest BCUT2D eigenvalue weighted by Gasteiger charge is -2.14. The number of H-pyrrole nitrogens is 1. The van der Waals surface area contributed by atoms with E-state index in [1.165, 1.54) is 0 Å². The number of aromatic amines is 1. The maximum atomic E-state index is 12.4. The molecule has 0 aliphatic rings. The van der Waals surface area contributed by atoms with E-state index in [9.17, 15) is 4.79 Å². The minimum Gasteiger partial charge on any atom is -0.494 e. The van der Waals surface area contributed by atoms with E-state index in [2.05, 4.69) is 33.6 Å². The average Bonchev–Trinajstić information content (AvgIpc) is 3.26. The number of nitrogens with one attached hydrogen (secondary N) is 2. The Morgan fingerprint density at radius 3 is 2.68 bits per heavy atom. The van der Waals surface area contributed by atoms with Crippen LogP contribution in [0.15, 0.2) is 30.3 Å². The van der Waals surface area contributed by atoms with Gasteiger partial charge in [-0.3, -0.25) is 19.1 Å². The molecule has 0 aliphatic heterocycles. The van der Waals surface area contributed by atoms with Crippen molar-refractivity contribution in [3.63, 3.8) is 0 Å². The molecule has 0 spiro atoms. The van der Waals surface area contributed by atoms with Crippen molar-refractivity contribution in [3.8, 4) is 17.1 Å². The van der Waals surface area contributed by atoms with Crippen LogP contribution in [-0.4, -0.2) is 43.6 Å². The Bertz CT molecular complexity index is 1070. The molecule has 1 amide bonds. The molecule has 0 saturated heterocycles. The van der Waals surface area contributed by atoms with Gasteiger partial charge in [0.15, 0.2) is 10.6 Å². The van der Waals surface area contributed by atoms with Crippen molar-refractivity contribution in [3.05, 3.63) is 46.5 Å². The Hall–Kier alpha value is -2.94. The third kappa shape index (κ3) is 6.04. The summed E-state index contributed by atoms with van der Waals surface area (Å²) in [6.07, 6.45) is 0.324. The van der Waals surface area contributed by atoms with E-state index in [0.717, 1.165) is 29.2 Å². The molecule has 166 valence electrons. The van der Waals surface area contributed by atoms with Gasteiger partial charge < -0.3 is 10.1 Å². The Balaban J connectivity index is 1.54. The van der Waals surface area contributed by atoms with Crippen molar-refractivity contribution in [2.45, 2.75) is 47.2 Å². The van der Waals surface area contributed by atoms with Crippen LogP contribution in [0, 0.1) is 24.5 Å². The second kappa shape index (κ2) is 10.4. The quantitative estimate of drug-likeness (QED) is 0.468. The van der Waals surface area contributed by atoms with Gasteiger partial charge in [-0.25, -0.2) is 0 Å². The molecule has 2 aromatic heterocycles. The number of ether oxygens (including phenoxy) is 1. The van der Waals surface area contributed by atoms with Crippen LogP contribution in [0.4, 0.5) is 0 Å². The molecule has 0 saturated carbocycles. The number of aryl methyl sites for hydroxylation is 2. The molecule has 1 unspecified atom stereocenters. The smallest absolute Gasteiger partial charge is 0.221 e. The highest BCUT2D eigenvalue weighted by atomic mass is 32.1. The first-order valence-corrected chi connectivity index (χ1v) is 10.9. The molecule has 2 N–H and O–H groups in total. The zero-order chi connectivity index (χ0) is 22.4. The molecule has 31 heavy (non-hydrogen) atoms. The predicted octanol–water partition coefficient (Wildman–Crippen LogP) is 3.66. The maximum absolute atomic E-state index is 12.4. The topological polar surface area (TPSA) is 89.8 Å². The third-order valence-electron chi connectivity index (χ3n) is 4.98. The lowest BCUT2D eigenvalue weighted by Crippen LogP contribution is -2.31. The van der Waals surface area contributed by atoms with E-state index in [1.54, 1.807) is 0 Å². The van der Waals surface area contributed by atoms with Gasteiger partial charge in [-0.05, 0) is 69.2 Å². The van der Waals surface area contributed by atoms with Crippen molar-refractivity contribution in [1.82, 2.24) is 29.9 Å². The molecule has 0 fully saturated rings. The number of carbonyl (C=O) groups excluding carboxylic acids is 1. The van der Waals surface area contributed by atoms with Crippen LogP contribution in [0.1, 0.15) is 31.7 Å². The van der Waals surface area contributed by atoms with Gasteiger partial charge >= 0.3 is 0 Å². The SMILES string of the molecule is CCOc1ccc(-c2n[nH]c(=S)n2CCC(=O)NCC(C)Cn2nc(C)cc2C)cc1. The van der Waals surface area contributed by atoms with Crippen molar-refractivity contribution in [2.75, 3.05) is 13.2 Å². The fourth-order valence-electron chi connectivity index (χ4n) is 3.42. The van der Waals surface area contributed by atoms with Crippen molar-refractivity contribution < 1.29 is 9.53 Å². The molecule has 8 nitrogen and oxygen atoms in total. The highest BCUT2D eigenvalue weighted by Crippen LogP contribution is 2.21. The predicted molar refractivity (Wildman–Crippen MR) is 123 cm³/mol. The van der Waals surface area contributed by atoms with Gasteiger partial charge in [0.05, 0.1) is 12.3 Å². The van der Waals surface area contributed by atoms with Crippen LogP contribution in [-0.2, 0) is 17.9 Å². The lowest BCUT2D eigenvalue weighted by atomic mass is 10.2. The number of nitrogens with zero attached hydrogens (tertiary/aromatic N) is 4. The molecular formula is C22H30N6O2S. The van der Waals surface area contributed by atoms with Crippen molar-refractivity contribution in [1.29, 1.82) is 0 Å². The lowest BCUT2D eigenvalue weighted by molar-refractivity contribution is -0.121. The Kier molecular flexibility index (Phi) is 7.62. The van der Waals surface area contributed by atoms with E-state index >= 15 is 0 Å². The summed E-state index contributed by atoms with van der Waals surface area (Å²) in [6, 6.07) is 9.73. The van der Waals surface area contributed by atoms with E-state index < -0.39 is 0 Å². The minimum atomic E-state index is -0.0130. The zero-order valence-electron chi connectivity index (χ0n) is 18.5. The largest absolute Gasteiger partial charge is 0.494 e. The molecule has 1 atom stereocenters. The van der Waals surface area contributed by atoms with Crippen LogP contribution >= 0.6 is 12.2 Å². The van der Waals surface area contributed by atoms with E-state index in [-0.39, 0.29) is 11.8 Å². The molecule has 3 aromatic rings. The summed E-state index contributed by atoms with van der Waals surface area (Å²) in [6.45, 7) is 10.5. The highest BCUT2D eigenvalue weighted by Gasteiger charge is 2.12. The summed E-state index contributed by atoms with van der Waals surface area (Å²) in [7, 11) is 0. The number of hydrogen-bond acceptors (Lipinski definition) is 5. The van der Waals surface area contributed by atoms with Gasteiger partial charge in [0.1, 0.15) is 5.75 Å². The van der Waals surface area contributed by atoms with Gasteiger partial charge in [0.2, 0.25) is 5.91 Å². The summed E-state index contributed by atoms with van der Waals surface area (Å²) in [4.78, 5) is 12.4. The van der Waals surface area contributed by atoms with Crippen LogP contribution in [0.2, 0.25) is 0 Å². The number of carbonyl (C=O) groups is 1. The first-order valence-electron chi connectivity index (χ1n) is 10.5. The summed E-state index contributed by atoms with van der Waals surface area (Å²) < 4.78 is 9.82. The van der Waals surface area contributed by atoms with E-state index in [1.807, 2.05) is 54.3 Å². The van der Waals surface area contributed by atoms with E-state index in [0.29, 0.717) is 36.7 Å². The number of aromatic nitrogens is 5. The molecule has 9 heteroatoms. The summed E-state index contributed by atoms with van der Waals surface area (Å²) >= 11 is 5.36. The van der Waals surface area contributed by atoms with Gasteiger partial charge in [-0.15, -0.1) is 0 Å². The van der Waals surface area contributed by atoms with E-state index in [4.69, 9.17) is 17.0 Å². The standard InChI is InChI=1S/C22H30N6O2S/c1-5-30-19-8-6-18(7-9-19)21-24-25-22(31)27(21)11-10-20(29)23-13-15(2)14-28-17(4)12-16(3)26-28/h6-9,12,15H,5,10-11,13-14H2,1-4H3,(H,23,29)(H,25,31). The third-order valence-corrected chi connectivity index (χ3v) is 5.29. The van der Waals surface area contributed by atoms with Crippen LogP contribution in [0.3, 0.4) is 0 Å². The Labute approximate surface area is 187 Å². The molecule has 0 aliphatic carbocycles. The second-order valence-electron chi connectivity index (χ2n) is 7.73. The fraction of sp³-hybridized carbons (Fsp3) is 0.455. The van der Waals surface area contributed by atoms with Gasteiger partial charge in [-0.1, -0.05) is 6.92 Å². The van der Waals surface area contributed by atoms with Gasteiger partial charge in [-0.2, -0.15) is 10.2 Å². The molecule has 1 aromatic carbocycles. The number of hydrogen-bond donors (Lipinski definition) is 2. The highest BCUT2D eigenvalue weighted by molar-refractivity contribution is 7.71. The van der Waals surface area contributed by atoms with Crippen LogP contribution in [0.25, 0.3) is 11.4 Å². The normalized spacial score (nSPS) is 12.0. The summed E-state index contributed by atoms with van der Waals surface area (Å²) in [5.41, 5.74) is 3.05. The van der Waals surface area contributed by atoms with Crippen molar-refractivity contribution >= 4 is 18.1 Å². The molecule has 3 rings (SSSR count). The number of amides is 1. The molecular weight excluding hydrogens is 412 g/mol. The second-order valence-corrected chi connectivity index (χ2v) is 8.12. The van der Waals surface area contributed by atoms with Crippen molar-refractivity contribution in [2.24, 2.45) is 5.92 Å².